The SMILES string of the molecule is CCS(=O)(=O)c1ccc([C@H](CO)NC(=O)c2ccc3c(c2)nc(C[C@H]2CC[C@@H](C(F)(F)F)OC2)n3C)cc1. The smallest absolute Gasteiger partial charge is 0.394 e. The number of aliphatic hydroxyl groups excluding tert-OH is 1. The number of benzene rings is 2. The van der Waals surface area contributed by atoms with Gasteiger partial charge in [-0.25, -0.2) is 13.4 Å². The predicted molar refractivity (Wildman–Crippen MR) is 134 cm³/mol. The highest BCUT2D eigenvalue weighted by atomic mass is 32.2. The quantitative estimate of drug-likeness (QED) is 0.440. The molecule has 3 atom stereocenters. The Balaban J connectivity index is 1.45. The molecule has 0 spiro atoms. The second-order valence-corrected chi connectivity index (χ2v) is 11.8. The van der Waals surface area contributed by atoms with Crippen LogP contribution in [-0.2, 0) is 28.0 Å². The van der Waals surface area contributed by atoms with Crippen molar-refractivity contribution >= 4 is 26.8 Å². The molecule has 0 saturated carbocycles. The summed E-state index contributed by atoms with van der Waals surface area (Å²) in [5.41, 5.74) is 2.21. The summed E-state index contributed by atoms with van der Waals surface area (Å²) in [7, 11) is -1.55. The van der Waals surface area contributed by atoms with Crippen LogP contribution in [0, 0.1) is 5.92 Å². The second kappa shape index (κ2) is 11.0. The summed E-state index contributed by atoms with van der Waals surface area (Å²) < 4.78 is 69.6. The first-order valence-electron chi connectivity index (χ1n) is 12.3. The van der Waals surface area contributed by atoms with Crippen molar-refractivity contribution in [3.05, 3.63) is 59.4 Å². The van der Waals surface area contributed by atoms with Crippen LogP contribution < -0.4 is 5.32 Å². The van der Waals surface area contributed by atoms with Gasteiger partial charge in [-0.2, -0.15) is 13.2 Å². The van der Waals surface area contributed by atoms with E-state index in [4.69, 9.17) is 4.74 Å². The molecular weight excluding hydrogens is 523 g/mol. The Hall–Kier alpha value is -2.96. The van der Waals surface area contributed by atoms with Crippen LogP contribution in [-0.4, -0.2) is 60.2 Å². The van der Waals surface area contributed by atoms with Gasteiger partial charge in [-0.1, -0.05) is 19.1 Å². The van der Waals surface area contributed by atoms with Crippen LogP contribution in [0.15, 0.2) is 47.4 Å². The molecular formula is C26H30F3N3O5S. The summed E-state index contributed by atoms with van der Waals surface area (Å²) >= 11 is 0. The Morgan fingerprint density at radius 3 is 2.50 bits per heavy atom. The highest BCUT2D eigenvalue weighted by Crippen LogP contribution is 2.33. The van der Waals surface area contributed by atoms with Crippen LogP contribution in [0.1, 0.15) is 47.6 Å². The van der Waals surface area contributed by atoms with Gasteiger partial charge in [0.15, 0.2) is 15.9 Å². The molecule has 0 unspecified atom stereocenters. The van der Waals surface area contributed by atoms with Crippen molar-refractivity contribution in [2.75, 3.05) is 19.0 Å². The van der Waals surface area contributed by atoms with Crippen LogP contribution in [0.4, 0.5) is 13.2 Å². The summed E-state index contributed by atoms with van der Waals surface area (Å²) in [6.07, 6.45) is -5.31. The lowest BCUT2D eigenvalue weighted by molar-refractivity contribution is -0.235. The van der Waals surface area contributed by atoms with E-state index < -0.39 is 34.1 Å². The van der Waals surface area contributed by atoms with Crippen LogP contribution in [0.5, 0.6) is 0 Å². The molecule has 2 aromatic carbocycles. The Morgan fingerprint density at radius 1 is 1.21 bits per heavy atom. The minimum absolute atomic E-state index is 0.00887. The number of rotatable bonds is 8. The Kier molecular flexibility index (Phi) is 8.15. The number of hydrogen-bond donors (Lipinski definition) is 2. The number of fused-ring (bicyclic) bond motifs is 1. The van der Waals surface area contributed by atoms with Crippen LogP contribution in [0.2, 0.25) is 0 Å². The van der Waals surface area contributed by atoms with Crippen molar-refractivity contribution < 1.29 is 36.2 Å². The minimum Gasteiger partial charge on any atom is -0.394 e. The maximum Gasteiger partial charge on any atom is 0.414 e. The first kappa shape index (κ1) is 28.1. The summed E-state index contributed by atoms with van der Waals surface area (Å²) in [5, 5.41) is 12.6. The molecule has 1 amide bonds. The molecule has 8 nitrogen and oxygen atoms in total. The maximum absolute atomic E-state index is 13.0. The molecule has 2 heterocycles. The molecule has 1 aromatic heterocycles. The summed E-state index contributed by atoms with van der Waals surface area (Å²) in [5.74, 6) is 0.127. The van der Waals surface area contributed by atoms with Gasteiger partial charge >= 0.3 is 6.18 Å². The molecule has 206 valence electrons. The highest BCUT2D eigenvalue weighted by Gasteiger charge is 2.43. The third-order valence-electron chi connectivity index (χ3n) is 6.95. The summed E-state index contributed by atoms with van der Waals surface area (Å²) in [6, 6.07) is 10.3. The third kappa shape index (κ3) is 6.02. The first-order valence-corrected chi connectivity index (χ1v) is 14.0. The van der Waals surface area contributed by atoms with Gasteiger partial charge < -0.3 is 19.7 Å². The number of amides is 1. The van der Waals surface area contributed by atoms with E-state index in [9.17, 15) is 31.5 Å². The zero-order valence-corrected chi connectivity index (χ0v) is 21.8. The lowest BCUT2D eigenvalue weighted by Gasteiger charge is -2.30. The van der Waals surface area contributed by atoms with E-state index in [-0.39, 0.29) is 36.2 Å². The lowest BCUT2D eigenvalue weighted by atomic mass is 9.95. The van der Waals surface area contributed by atoms with Crippen molar-refractivity contribution in [2.24, 2.45) is 13.0 Å². The van der Waals surface area contributed by atoms with Crippen molar-refractivity contribution in [1.29, 1.82) is 0 Å². The average molecular weight is 554 g/mol. The van der Waals surface area contributed by atoms with E-state index in [1.807, 2.05) is 11.6 Å². The number of sulfone groups is 1. The van der Waals surface area contributed by atoms with Crippen molar-refractivity contribution in [2.45, 2.75) is 49.4 Å². The number of alkyl halides is 3. The van der Waals surface area contributed by atoms with E-state index in [1.54, 1.807) is 37.3 Å². The largest absolute Gasteiger partial charge is 0.414 e. The molecule has 4 rings (SSSR count). The number of imidazole rings is 1. The zero-order chi connectivity index (χ0) is 27.7. The van der Waals surface area contributed by atoms with Crippen molar-refractivity contribution in [1.82, 2.24) is 14.9 Å². The molecule has 1 fully saturated rings. The standard InChI is InChI=1S/C26H30F3N3O5S/c1-3-38(35,36)19-8-5-17(6-9-19)21(14-33)31-25(34)18-7-10-22-20(13-18)30-24(32(22)2)12-16-4-11-23(37-15-16)26(27,28)29/h5-10,13,16,21,23,33H,3-4,11-12,14-15H2,1-2H3,(H,31,34)/t16-,21+,23+/m1/s1. The van der Waals surface area contributed by atoms with Gasteiger partial charge in [0.05, 0.1) is 40.9 Å². The number of hydrogen-bond acceptors (Lipinski definition) is 6. The number of halogens is 3. The van der Waals surface area contributed by atoms with E-state index in [1.165, 1.54) is 12.1 Å². The normalized spacial score (nSPS) is 19.4. The minimum atomic E-state index is -4.35. The molecule has 1 aliphatic rings. The summed E-state index contributed by atoms with van der Waals surface area (Å²) in [4.78, 5) is 17.7. The van der Waals surface area contributed by atoms with Gasteiger partial charge in [-0.05, 0) is 54.7 Å². The van der Waals surface area contributed by atoms with E-state index in [0.29, 0.717) is 35.3 Å². The fraction of sp³-hybridized carbons (Fsp3) is 0.462. The van der Waals surface area contributed by atoms with Gasteiger partial charge in [-0.15, -0.1) is 0 Å². The molecule has 1 aliphatic heterocycles. The molecule has 1 saturated heterocycles. The lowest BCUT2D eigenvalue weighted by Crippen LogP contribution is -2.38. The Morgan fingerprint density at radius 2 is 1.92 bits per heavy atom. The van der Waals surface area contributed by atoms with E-state index in [0.717, 1.165) is 5.52 Å². The van der Waals surface area contributed by atoms with Crippen molar-refractivity contribution in [3.8, 4) is 0 Å². The topological polar surface area (TPSA) is 111 Å². The number of carbonyl (C=O) groups excluding carboxylic acids is 1. The summed E-state index contributed by atoms with van der Waals surface area (Å²) in [6.45, 7) is 1.17. The molecule has 12 heteroatoms. The maximum atomic E-state index is 13.0. The fourth-order valence-electron chi connectivity index (χ4n) is 4.61. The fourth-order valence-corrected chi connectivity index (χ4v) is 5.49. The zero-order valence-electron chi connectivity index (χ0n) is 21.0. The van der Waals surface area contributed by atoms with Crippen molar-refractivity contribution in [3.63, 3.8) is 0 Å². The van der Waals surface area contributed by atoms with Gasteiger partial charge in [0.2, 0.25) is 0 Å². The molecule has 2 N–H and O–H groups in total. The Labute approximate surface area is 218 Å². The first-order chi connectivity index (χ1) is 17.9. The van der Waals surface area contributed by atoms with Gasteiger partial charge in [0, 0.05) is 19.0 Å². The molecule has 38 heavy (non-hydrogen) atoms. The predicted octanol–water partition coefficient (Wildman–Crippen LogP) is 3.73. The number of nitrogens with zero attached hydrogens (tertiary/aromatic N) is 2. The number of carbonyl (C=O) groups is 1. The van der Waals surface area contributed by atoms with Crippen LogP contribution in [0.3, 0.4) is 0 Å². The van der Waals surface area contributed by atoms with E-state index in [2.05, 4.69) is 10.3 Å². The van der Waals surface area contributed by atoms with Gasteiger partial charge in [-0.3, -0.25) is 4.79 Å². The molecule has 0 bridgehead atoms. The van der Waals surface area contributed by atoms with Crippen LogP contribution >= 0.6 is 0 Å². The van der Waals surface area contributed by atoms with Gasteiger partial charge in [0.25, 0.3) is 5.91 Å². The number of nitrogens with one attached hydrogen (secondary N) is 1. The average Bonchev–Trinajstić information content (AvgIpc) is 3.21. The highest BCUT2D eigenvalue weighted by molar-refractivity contribution is 7.91. The number of aliphatic hydroxyl groups is 1. The molecule has 0 aliphatic carbocycles. The number of aromatic nitrogens is 2. The third-order valence-corrected chi connectivity index (χ3v) is 8.70. The molecule has 3 aromatic rings. The monoisotopic (exact) mass is 553 g/mol. The number of ether oxygens (including phenoxy) is 1. The van der Waals surface area contributed by atoms with E-state index >= 15 is 0 Å². The number of aryl methyl sites for hydroxylation is 1. The van der Waals surface area contributed by atoms with Crippen LogP contribution in [0.25, 0.3) is 11.0 Å². The Bertz CT molecular complexity index is 1400. The van der Waals surface area contributed by atoms with Gasteiger partial charge in [0.1, 0.15) is 5.82 Å². The second-order valence-electron chi connectivity index (χ2n) is 9.48. The molecule has 0 radical (unpaired) electrons.